The summed E-state index contributed by atoms with van der Waals surface area (Å²) in [5, 5.41) is 18.7. The lowest BCUT2D eigenvalue weighted by atomic mass is 10.5. The number of hydrogen-bond donors (Lipinski definition) is 2. The lowest BCUT2D eigenvalue weighted by Gasteiger charge is -1.77. The summed E-state index contributed by atoms with van der Waals surface area (Å²) >= 11 is 0. The summed E-state index contributed by atoms with van der Waals surface area (Å²) < 4.78 is 0. The molecule has 0 atom stereocenters. The lowest BCUT2D eigenvalue weighted by Crippen LogP contribution is -1.69. The van der Waals surface area contributed by atoms with Crippen LogP contribution >= 0.6 is 0 Å². The van der Waals surface area contributed by atoms with Crippen LogP contribution in [0.3, 0.4) is 0 Å². The van der Waals surface area contributed by atoms with Gasteiger partial charge in [0.1, 0.15) is 0 Å². The van der Waals surface area contributed by atoms with Crippen molar-refractivity contribution >= 4 is 6.21 Å². The van der Waals surface area contributed by atoms with Gasteiger partial charge in [-0.2, -0.15) is 0 Å². The molecule has 3 nitrogen and oxygen atoms in total. The fraction of sp³-hybridized carbons (Fsp3) is 0.250. The van der Waals surface area contributed by atoms with Crippen molar-refractivity contribution in [2.45, 2.75) is 6.92 Å². The van der Waals surface area contributed by atoms with E-state index in [1.165, 1.54) is 13.0 Å². The summed E-state index contributed by atoms with van der Waals surface area (Å²) in [5.41, 5.74) is 0. The summed E-state index contributed by atoms with van der Waals surface area (Å²) in [5.74, 6) is 0.123. The molecule has 0 saturated carbocycles. The van der Waals surface area contributed by atoms with E-state index in [9.17, 15) is 0 Å². The van der Waals surface area contributed by atoms with Gasteiger partial charge in [-0.1, -0.05) is 5.16 Å². The Bertz CT molecular complexity index is 91.9. The molecule has 2 N–H and O–H groups in total. The van der Waals surface area contributed by atoms with Gasteiger partial charge in [-0.15, -0.1) is 0 Å². The highest BCUT2D eigenvalue weighted by Gasteiger charge is 1.70. The van der Waals surface area contributed by atoms with E-state index in [4.69, 9.17) is 10.3 Å². The van der Waals surface area contributed by atoms with Crippen molar-refractivity contribution in [2.75, 3.05) is 0 Å². The SMILES string of the molecule is C/C(O)=C\C=N/O. The van der Waals surface area contributed by atoms with Gasteiger partial charge in [0.15, 0.2) is 0 Å². The Morgan fingerprint density at radius 2 is 2.29 bits per heavy atom. The number of aliphatic hydroxyl groups is 1. The number of rotatable bonds is 1. The molecule has 0 amide bonds. The molecule has 0 radical (unpaired) electrons. The normalized spacial score (nSPS) is 13.0. The van der Waals surface area contributed by atoms with Crippen LogP contribution in [0.15, 0.2) is 17.0 Å². The van der Waals surface area contributed by atoms with Crippen LogP contribution in [0.25, 0.3) is 0 Å². The molecule has 0 aliphatic carbocycles. The first kappa shape index (κ1) is 6.01. The highest BCUT2D eigenvalue weighted by Crippen LogP contribution is 1.77. The maximum Gasteiger partial charge on any atom is 0.0908 e. The minimum Gasteiger partial charge on any atom is -0.513 e. The minimum absolute atomic E-state index is 0.123. The maximum atomic E-state index is 8.34. The second-order valence-corrected chi connectivity index (χ2v) is 1.07. The number of allylic oxidation sites excluding steroid dienone is 2. The quantitative estimate of drug-likeness (QED) is 0.223. The van der Waals surface area contributed by atoms with Crippen LogP contribution in [0, 0.1) is 0 Å². The molecule has 0 rings (SSSR count). The second-order valence-electron chi connectivity index (χ2n) is 1.07. The lowest BCUT2D eigenvalue weighted by molar-refractivity contribution is 0.321. The Hall–Kier alpha value is -0.990. The highest BCUT2D eigenvalue weighted by atomic mass is 16.4. The largest absolute Gasteiger partial charge is 0.513 e. The van der Waals surface area contributed by atoms with Gasteiger partial charge >= 0.3 is 0 Å². The zero-order valence-corrected chi connectivity index (χ0v) is 4.00. The molecule has 7 heavy (non-hydrogen) atoms. The third-order valence-electron chi connectivity index (χ3n) is 0.382. The van der Waals surface area contributed by atoms with Crippen LogP contribution < -0.4 is 0 Å². The van der Waals surface area contributed by atoms with Crippen molar-refractivity contribution in [3.63, 3.8) is 0 Å². The Labute approximate surface area is 41.6 Å². The van der Waals surface area contributed by atoms with Gasteiger partial charge in [0.05, 0.1) is 12.0 Å². The van der Waals surface area contributed by atoms with Crippen LogP contribution in [0.2, 0.25) is 0 Å². The number of nitrogens with zero attached hydrogens (tertiary/aromatic N) is 1. The average molecular weight is 101 g/mol. The molecule has 0 aromatic heterocycles. The molecule has 3 heteroatoms. The molecule has 0 spiro atoms. The first-order valence-electron chi connectivity index (χ1n) is 1.80. The third-order valence-corrected chi connectivity index (χ3v) is 0.382. The molecule has 0 aliphatic heterocycles. The van der Waals surface area contributed by atoms with Crippen LogP contribution in [0.5, 0.6) is 0 Å². The van der Waals surface area contributed by atoms with Crippen LogP contribution in [-0.2, 0) is 0 Å². The van der Waals surface area contributed by atoms with Gasteiger partial charge in [0.2, 0.25) is 0 Å². The molecule has 40 valence electrons. The van der Waals surface area contributed by atoms with Crippen LogP contribution in [0.4, 0.5) is 0 Å². The van der Waals surface area contributed by atoms with E-state index in [0.717, 1.165) is 6.21 Å². The molecule has 0 unspecified atom stereocenters. The molecule has 0 aromatic rings. The molecule has 0 heterocycles. The molecule has 0 saturated heterocycles. The standard InChI is InChI=1S/C4H7NO2/c1-4(6)2-3-5-7/h2-3,6-7H,1H3/b4-2+,5-3-. The molecule has 0 aromatic carbocycles. The van der Waals surface area contributed by atoms with Crippen molar-refractivity contribution in [3.05, 3.63) is 11.8 Å². The Balaban J connectivity index is 3.46. The first-order valence-corrected chi connectivity index (χ1v) is 1.80. The fourth-order valence-electron chi connectivity index (χ4n) is 0.141. The minimum atomic E-state index is 0.123. The van der Waals surface area contributed by atoms with Gasteiger partial charge in [-0.25, -0.2) is 0 Å². The van der Waals surface area contributed by atoms with Crippen molar-refractivity contribution in [1.82, 2.24) is 0 Å². The predicted molar refractivity (Wildman–Crippen MR) is 26.7 cm³/mol. The summed E-state index contributed by atoms with van der Waals surface area (Å²) in [6.07, 6.45) is 2.37. The van der Waals surface area contributed by atoms with Gasteiger partial charge < -0.3 is 10.3 Å². The smallest absolute Gasteiger partial charge is 0.0908 e. The molecular weight excluding hydrogens is 94.0 g/mol. The zero-order valence-electron chi connectivity index (χ0n) is 4.00. The van der Waals surface area contributed by atoms with E-state index in [2.05, 4.69) is 5.16 Å². The Kier molecular flexibility index (Phi) is 2.76. The van der Waals surface area contributed by atoms with Gasteiger partial charge in [-0.05, 0) is 13.0 Å². The summed E-state index contributed by atoms with van der Waals surface area (Å²) in [6, 6.07) is 0. The van der Waals surface area contributed by atoms with E-state index in [1.54, 1.807) is 0 Å². The first-order chi connectivity index (χ1) is 3.27. The van der Waals surface area contributed by atoms with Crippen LogP contribution in [0.1, 0.15) is 6.92 Å². The Morgan fingerprint density at radius 3 is 2.43 bits per heavy atom. The van der Waals surface area contributed by atoms with Gasteiger partial charge in [0.25, 0.3) is 0 Å². The summed E-state index contributed by atoms with van der Waals surface area (Å²) in [7, 11) is 0. The van der Waals surface area contributed by atoms with E-state index in [0.29, 0.717) is 0 Å². The van der Waals surface area contributed by atoms with Crippen molar-refractivity contribution < 1.29 is 10.3 Å². The van der Waals surface area contributed by atoms with Crippen LogP contribution in [-0.4, -0.2) is 16.5 Å². The third kappa shape index (κ3) is 5.01. The van der Waals surface area contributed by atoms with E-state index < -0.39 is 0 Å². The van der Waals surface area contributed by atoms with E-state index in [-0.39, 0.29) is 5.76 Å². The molecule has 0 bridgehead atoms. The van der Waals surface area contributed by atoms with Gasteiger partial charge in [0, 0.05) is 0 Å². The van der Waals surface area contributed by atoms with Crippen molar-refractivity contribution in [2.24, 2.45) is 5.16 Å². The number of hydrogen-bond acceptors (Lipinski definition) is 3. The molecule has 0 aliphatic rings. The average Bonchev–Trinajstić information content (AvgIpc) is 1.61. The van der Waals surface area contributed by atoms with Crippen molar-refractivity contribution in [1.29, 1.82) is 0 Å². The molecule has 0 fully saturated rings. The zero-order chi connectivity index (χ0) is 5.70. The number of aliphatic hydroxyl groups excluding tert-OH is 1. The highest BCUT2D eigenvalue weighted by molar-refractivity contribution is 5.70. The monoisotopic (exact) mass is 101 g/mol. The van der Waals surface area contributed by atoms with E-state index >= 15 is 0 Å². The second kappa shape index (κ2) is 3.21. The van der Waals surface area contributed by atoms with E-state index in [1.807, 2.05) is 0 Å². The predicted octanol–water partition coefficient (Wildman–Crippen LogP) is 0.908. The van der Waals surface area contributed by atoms with Crippen molar-refractivity contribution in [3.8, 4) is 0 Å². The summed E-state index contributed by atoms with van der Waals surface area (Å²) in [6.45, 7) is 1.49. The molecular formula is C4H7NO2. The van der Waals surface area contributed by atoms with Gasteiger partial charge in [-0.3, -0.25) is 0 Å². The number of oxime groups is 1. The Morgan fingerprint density at radius 1 is 1.71 bits per heavy atom. The fourth-order valence-corrected chi connectivity index (χ4v) is 0.141. The topological polar surface area (TPSA) is 52.8 Å². The maximum absolute atomic E-state index is 8.34. The summed E-state index contributed by atoms with van der Waals surface area (Å²) in [4.78, 5) is 0.